The number of hydrogen-bond donors (Lipinski definition) is 1. The highest BCUT2D eigenvalue weighted by Crippen LogP contribution is 2.27. The fourth-order valence-electron chi connectivity index (χ4n) is 3.50. The van der Waals surface area contributed by atoms with E-state index >= 15 is 0 Å². The minimum atomic E-state index is -0.211. The average Bonchev–Trinajstić information content (AvgIpc) is 3.01. The summed E-state index contributed by atoms with van der Waals surface area (Å²) in [6, 6.07) is 18.3. The van der Waals surface area contributed by atoms with Gasteiger partial charge in [0.2, 0.25) is 0 Å². The zero-order valence-corrected chi connectivity index (χ0v) is 16.6. The number of fused-ring (bicyclic) bond motifs is 1. The molecule has 7 heteroatoms. The Morgan fingerprint density at radius 1 is 1.03 bits per heavy atom. The second-order valence-electron chi connectivity index (χ2n) is 6.76. The molecule has 4 aromatic rings. The SMILES string of the molecule is COCCn1c(-c2cccc(Cl)c2)c2c(=O)n(Cc3ccccc3)[nH]c2cc1=O. The maximum absolute atomic E-state index is 13.3. The number of rotatable bonds is 6. The molecule has 2 heterocycles. The number of aromatic amines is 1. The quantitative estimate of drug-likeness (QED) is 0.530. The maximum atomic E-state index is 13.3. The Balaban J connectivity index is 1.98. The van der Waals surface area contributed by atoms with Crippen molar-refractivity contribution < 1.29 is 4.74 Å². The normalized spacial score (nSPS) is 11.2. The second kappa shape index (κ2) is 8.11. The molecule has 29 heavy (non-hydrogen) atoms. The van der Waals surface area contributed by atoms with Gasteiger partial charge in [-0.1, -0.05) is 54.1 Å². The van der Waals surface area contributed by atoms with E-state index in [-0.39, 0.29) is 11.1 Å². The van der Waals surface area contributed by atoms with Crippen LogP contribution in [0.2, 0.25) is 5.02 Å². The van der Waals surface area contributed by atoms with E-state index in [1.54, 1.807) is 29.9 Å². The molecule has 0 atom stereocenters. The summed E-state index contributed by atoms with van der Waals surface area (Å²) in [4.78, 5) is 26.1. The van der Waals surface area contributed by atoms with Crippen molar-refractivity contribution in [3.8, 4) is 11.3 Å². The van der Waals surface area contributed by atoms with E-state index in [9.17, 15) is 9.59 Å². The number of nitrogens with zero attached hydrogens (tertiary/aromatic N) is 2. The van der Waals surface area contributed by atoms with Crippen molar-refractivity contribution in [1.29, 1.82) is 0 Å². The summed E-state index contributed by atoms with van der Waals surface area (Å²) >= 11 is 6.19. The summed E-state index contributed by atoms with van der Waals surface area (Å²) in [5, 5.41) is 4.08. The molecule has 0 fully saturated rings. The molecule has 4 rings (SSSR count). The van der Waals surface area contributed by atoms with Crippen LogP contribution in [-0.4, -0.2) is 28.1 Å². The van der Waals surface area contributed by atoms with Gasteiger partial charge in [-0.05, 0) is 17.7 Å². The summed E-state index contributed by atoms with van der Waals surface area (Å²) in [7, 11) is 1.58. The number of benzene rings is 2. The van der Waals surface area contributed by atoms with Gasteiger partial charge in [0, 0.05) is 30.3 Å². The van der Waals surface area contributed by atoms with E-state index < -0.39 is 0 Å². The molecule has 2 aromatic heterocycles. The van der Waals surface area contributed by atoms with Crippen LogP contribution in [0.4, 0.5) is 0 Å². The van der Waals surface area contributed by atoms with Gasteiger partial charge < -0.3 is 9.30 Å². The smallest absolute Gasteiger partial charge is 0.276 e. The van der Waals surface area contributed by atoms with Gasteiger partial charge in [-0.25, -0.2) is 4.68 Å². The molecule has 0 unspecified atom stereocenters. The van der Waals surface area contributed by atoms with Crippen molar-refractivity contribution in [3.05, 3.63) is 92.0 Å². The number of hydrogen-bond acceptors (Lipinski definition) is 3. The maximum Gasteiger partial charge on any atom is 0.276 e. The number of H-pyrrole nitrogens is 1. The highest BCUT2D eigenvalue weighted by atomic mass is 35.5. The molecule has 148 valence electrons. The first-order valence-corrected chi connectivity index (χ1v) is 9.61. The Hall–Kier alpha value is -3.09. The highest BCUT2D eigenvalue weighted by Gasteiger charge is 2.19. The van der Waals surface area contributed by atoms with E-state index in [0.717, 1.165) is 5.56 Å². The number of nitrogens with one attached hydrogen (secondary N) is 1. The average molecular weight is 410 g/mol. The molecule has 0 spiro atoms. The number of halogens is 1. The lowest BCUT2D eigenvalue weighted by Crippen LogP contribution is -2.25. The molecule has 2 aromatic carbocycles. The van der Waals surface area contributed by atoms with Crippen LogP contribution < -0.4 is 11.1 Å². The minimum absolute atomic E-state index is 0.190. The number of ether oxygens (including phenoxy) is 1. The zero-order valence-electron chi connectivity index (χ0n) is 15.9. The summed E-state index contributed by atoms with van der Waals surface area (Å²) < 4.78 is 8.26. The zero-order chi connectivity index (χ0) is 20.4. The number of methoxy groups -OCH3 is 1. The van der Waals surface area contributed by atoms with Crippen LogP contribution in [0, 0.1) is 0 Å². The number of aromatic nitrogens is 3. The molecule has 0 aliphatic heterocycles. The van der Waals surface area contributed by atoms with Crippen molar-refractivity contribution in [3.63, 3.8) is 0 Å². The fraction of sp³-hybridized carbons (Fsp3) is 0.182. The minimum Gasteiger partial charge on any atom is -0.383 e. The van der Waals surface area contributed by atoms with Crippen LogP contribution in [0.3, 0.4) is 0 Å². The van der Waals surface area contributed by atoms with Crippen LogP contribution in [0.5, 0.6) is 0 Å². The molecule has 0 aliphatic carbocycles. The third-order valence-electron chi connectivity index (χ3n) is 4.82. The van der Waals surface area contributed by atoms with Crippen LogP contribution in [-0.2, 0) is 17.8 Å². The molecule has 0 saturated heterocycles. The van der Waals surface area contributed by atoms with Crippen molar-refractivity contribution in [2.24, 2.45) is 0 Å². The van der Waals surface area contributed by atoms with Gasteiger partial charge in [-0.2, -0.15) is 0 Å². The third kappa shape index (κ3) is 3.77. The molecule has 0 radical (unpaired) electrons. The van der Waals surface area contributed by atoms with Crippen LogP contribution in [0.1, 0.15) is 5.56 Å². The van der Waals surface area contributed by atoms with Gasteiger partial charge in [-0.15, -0.1) is 0 Å². The fourth-order valence-corrected chi connectivity index (χ4v) is 3.69. The summed E-state index contributed by atoms with van der Waals surface area (Å²) in [5.74, 6) is 0. The Kier molecular flexibility index (Phi) is 5.38. The lowest BCUT2D eigenvalue weighted by atomic mass is 10.1. The van der Waals surface area contributed by atoms with Crippen LogP contribution in [0.15, 0.2) is 70.3 Å². The monoisotopic (exact) mass is 409 g/mol. The van der Waals surface area contributed by atoms with Crippen molar-refractivity contribution in [2.45, 2.75) is 13.1 Å². The Morgan fingerprint density at radius 3 is 2.55 bits per heavy atom. The standard InChI is InChI=1S/C22H20ClN3O3/c1-29-11-10-25-19(27)13-18-20(21(25)16-8-5-9-17(23)12-16)22(28)26(24-18)14-15-6-3-2-4-7-15/h2-9,12-13,24H,10-11,14H2,1H3. The Morgan fingerprint density at radius 2 is 1.83 bits per heavy atom. The summed E-state index contributed by atoms with van der Waals surface area (Å²) in [5.41, 5.74) is 2.33. The number of pyridine rings is 1. The Bertz CT molecular complexity index is 1270. The lowest BCUT2D eigenvalue weighted by molar-refractivity contribution is 0.187. The topological polar surface area (TPSA) is 69.0 Å². The van der Waals surface area contributed by atoms with E-state index in [1.807, 2.05) is 36.4 Å². The van der Waals surface area contributed by atoms with Crippen molar-refractivity contribution >= 4 is 22.5 Å². The van der Waals surface area contributed by atoms with Gasteiger partial charge in [0.05, 0.1) is 29.7 Å². The predicted molar refractivity (Wildman–Crippen MR) is 115 cm³/mol. The second-order valence-corrected chi connectivity index (χ2v) is 7.20. The first-order valence-electron chi connectivity index (χ1n) is 9.23. The molecule has 0 aliphatic rings. The van der Waals surface area contributed by atoms with Crippen molar-refractivity contribution in [2.75, 3.05) is 13.7 Å². The van der Waals surface area contributed by atoms with E-state index in [1.165, 1.54) is 10.7 Å². The summed E-state index contributed by atoms with van der Waals surface area (Å²) in [6.07, 6.45) is 0. The predicted octanol–water partition coefficient (Wildman–Crippen LogP) is 3.51. The molecule has 6 nitrogen and oxygen atoms in total. The molecular formula is C22H20ClN3O3. The van der Waals surface area contributed by atoms with E-state index in [4.69, 9.17) is 16.3 Å². The molecule has 0 amide bonds. The first kappa shape index (κ1) is 19.2. The largest absolute Gasteiger partial charge is 0.383 e. The van der Waals surface area contributed by atoms with Crippen LogP contribution >= 0.6 is 11.6 Å². The molecule has 0 bridgehead atoms. The first-order chi connectivity index (χ1) is 14.1. The highest BCUT2D eigenvalue weighted by molar-refractivity contribution is 6.30. The van der Waals surface area contributed by atoms with Gasteiger partial charge in [-0.3, -0.25) is 14.7 Å². The van der Waals surface area contributed by atoms with Gasteiger partial charge in [0.25, 0.3) is 11.1 Å². The Labute approximate surface area is 171 Å². The van der Waals surface area contributed by atoms with Gasteiger partial charge in [0.1, 0.15) is 0 Å². The van der Waals surface area contributed by atoms with Gasteiger partial charge in [0.15, 0.2) is 0 Å². The van der Waals surface area contributed by atoms with Gasteiger partial charge >= 0.3 is 0 Å². The third-order valence-corrected chi connectivity index (χ3v) is 5.06. The lowest BCUT2D eigenvalue weighted by Gasteiger charge is -2.13. The molecule has 1 N–H and O–H groups in total. The van der Waals surface area contributed by atoms with E-state index in [0.29, 0.717) is 46.9 Å². The summed E-state index contributed by atoms with van der Waals surface area (Å²) in [6.45, 7) is 1.06. The van der Waals surface area contributed by atoms with E-state index in [2.05, 4.69) is 5.10 Å². The van der Waals surface area contributed by atoms with Crippen LogP contribution in [0.25, 0.3) is 22.2 Å². The molecule has 0 saturated carbocycles. The molecular weight excluding hydrogens is 390 g/mol. The van der Waals surface area contributed by atoms with Crippen molar-refractivity contribution in [1.82, 2.24) is 14.3 Å².